The van der Waals surface area contributed by atoms with Crippen molar-refractivity contribution >= 4 is 5.69 Å². The molecule has 0 unspecified atom stereocenters. The van der Waals surface area contributed by atoms with Crippen molar-refractivity contribution in [2.45, 2.75) is 26.4 Å². The molecule has 0 amide bonds. The number of nitrogens with two attached hydrogens (primary N) is 1. The van der Waals surface area contributed by atoms with Gasteiger partial charge in [0.2, 0.25) is 0 Å². The first-order valence-electron chi connectivity index (χ1n) is 4.28. The van der Waals surface area contributed by atoms with E-state index in [4.69, 9.17) is 5.73 Å². The molecule has 1 aliphatic rings. The van der Waals surface area contributed by atoms with Gasteiger partial charge in [-0.2, -0.15) is 0 Å². The van der Waals surface area contributed by atoms with Gasteiger partial charge in [0.15, 0.2) is 0 Å². The zero-order valence-electron chi connectivity index (χ0n) is 7.22. The summed E-state index contributed by atoms with van der Waals surface area (Å²) in [6.07, 6.45) is 2.85. The number of aryl methyl sites for hydroxylation is 1. The van der Waals surface area contributed by atoms with Crippen LogP contribution in [0.25, 0.3) is 0 Å². The van der Waals surface area contributed by atoms with Gasteiger partial charge in [0.05, 0.1) is 11.4 Å². The number of aromatic nitrogens is 1. The summed E-state index contributed by atoms with van der Waals surface area (Å²) in [7, 11) is 0. The van der Waals surface area contributed by atoms with Crippen LogP contribution in [0.5, 0.6) is 0 Å². The number of pyridine rings is 1. The fourth-order valence-electron chi connectivity index (χ4n) is 1.62. The molecular formula is C9H13N3. The van der Waals surface area contributed by atoms with Crippen LogP contribution >= 0.6 is 0 Å². The van der Waals surface area contributed by atoms with Gasteiger partial charge in [-0.05, 0) is 17.5 Å². The van der Waals surface area contributed by atoms with Crippen LogP contribution < -0.4 is 11.1 Å². The van der Waals surface area contributed by atoms with Crippen molar-refractivity contribution in [2.24, 2.45) is 0 Å². The van der Waals surface area contributed by atoms with Crippen LogP contribution in [0, 0.1) is 0 Å². The van der Waals surface area contributed by atoms with Crippen molar-refractivity contribution in [3.05, 3.63) is 23.0 Å². The number of nitrogens with one attached hydrogen (secondary N) is 1. The van der Waals surface area contributed by atoms with E-state index in [-0.39, 0.29) is 0 Å². The maximum absolute atomic E-state index is 5.94. The number of nitrogens with zero attached hydrogens (tertiary/aromatic N) is 1. The molecular weight excluding hydrogens is 150 g/mol. The van der Waals surface area contributed by atoms with Gasteiger partial charge in [0, 0.05) is 19.3 Å². The summed E-state index contributed by atoms with van der Waals surface area (Å²) < 4.78 is 0. The molecule has 0 spiro atoms. The second-order valence-corrected chi connectivity index (χ2v) is 3.08. The molecule has 2 heterocycles. The molecule has 64 valence electrons. The Kier molecular flexibility index (Phi) is 1.73. The number of rotatable bonds is 1. The van der Waals surface area contributed by atoms with E-state index in [9.17, 15) is 0 Å². The van der Waals surface area contributed by atoms with Crippen LogP contribution in [0.15, 0.2) is 6.20 Å². The molecule has 0 fully saturated rings. The third-order valence-corrected chi connectivity index (χ3v) is 2.35. The molecule has 0 aliphatic carbocycles. The fourth-order valence-corrected chi connectivity index (χ4v) is 1.62. The molecule has 3 nitrogen and oxygen atoms in total. The number of fused-ring (bicyclic) bond motifs is 1. The Bertz CT molecular complexity index is 307. The summed E-state index contributed by atoms with van der Waals surface area (Å²) in [6.45, 7) is 3.89. The summed E-state index contributed by atoms with van der Waals surface area (Å²) >= 11 is 0. The molecule has 0 saturated heterocycles. The van der Waals surface area contributed by atoms with E-state index in [2.05, 4.69) is 17.2 Å². The Morgan fingerprint density at radius 3 is 3.17 bits per heavy atom. The highest BCUT2D eigenvalue weighted by molar-refractivity contribution is 5.55. The van der Waals surface area contributed by atoms with E-state index >= 15 is 0 Å². The van der Waals surface area contributed by atoms with Crippen molar-refractivity contribution in [3.8, 4) is 0 Å². The first kappa shape index (κ1) is 7.55. The molecule has 0 radical (unpaired) electrons. The molecule has 0 atom stereocenters. The van der Waals surface area contributed by atoms with Crippen LogP contribution in [0.2, 0.25) is 0 Å². The zero-order chi connectivity index (χ0) is 8.55. The zero-order valence-corrected chi connectivity index (χ0v) is 7.22. The van der Waals surface area contributed by atoms with Crippen LogP contribution in [0.1, 0.15) is 23.7 Å². The van der Waals surface area contributed by atoms with Gasteiger partial charge in [-0.3, -0.25) is 4.98 Å². The van der Waals surface area contributed by atoms with Gasteiger partial charge < -0.3 is 11.1 Å². The largest absolute Gasteiger partial charge is 0.397 e. The Balaban J connectivity index is 2.54. The Hall–Kier alpha value is -1.09. The summed E-state index contributed by atoms with van der Waals surface area (Å²) in [4.78, 5) is 4.30. The molecule has 1 aliphatic heterocycles. The van der Waals surface area contributed by atoms with Crippen molar-refractivity contribution in [2.75, 3.05) is 5.73 Å². The second-order valence-electron chi connectivity index (χ2n) is 3.08. The molecule has 3 N–H and O–H groups in total. The highest BCUT2D eigenvalue weighted by atomic mass is 14.9. The molecule has 0 bridgehead atoms. The lowest BCUT2D eigenvalue weighted by atomic mass is 10.1. The minimum atomic E-state index is 0.889. The third-order valence-electron chi connectivity index (χ3n) is 2.35. The van der Waals surface area contributed by atoms with Crippen LogP contribution in [0.4, 0.5) is 5.69 Å². The van der Waals surface area contributed by atoms with E-state index in [1.165, 1.54) is 11.1 Å². The molecule has 12 heavy (non-hydrogen) atoms. The standard InChI is InChI=1S/C9H13N3/c1-2-8-9(10)7-5-11-3-6(7)4-12-8/h4,11H,2-3,5,10H2,1H3. The van der Waals surface area contributed by atoms with Crippen LogP contribution in [-0.2, 0) is 19.5 Å². The van der Waals surface area contributed by atoms with Crippen molar-refractivity contribution in [3.63, 3.8) is 0 Å². The maximum atomic E-state index is 5.94. The van der Waals surface area contributed by atoms with Crippen LogP contribution in [0.3, 0.4) is 0 Å². The first-order valence-corrected chi connectivity index (χ1v) is 4.28. The van der Waals surface area contributed by atoms with E-state index in [1.807, 2.05) is 6.20 Å². The molecule has 0 aromatic carbocycles. The molecule has 1 aromatic rings. The predicted octanol–water partition coefficient (Wildman–Crippen LogP) is 0.829. The van der Waals surface area contributed by atoms with Gasteiger partial charge in [0.1, 0.15) is 0 Å². The fraction of sp³-hybridized carbons (Fsp3) is 0.444. The van der Waals surface area contributed by atoms with Crippen molar-refractivity contribution < 1.29 is 0 Å². The number of nitrogen functional groups attached to an aromatic ring is 1. The van der Waals surface area contributed by atoms with E-state index in [0.717, 1.165) is 30.9 Å². The lowest BCUT2D eigenvalue weighted by Crippen LogP contribution is -2.03. The monoisotopic (exact) mass is 163 g/mol. The van der Waals surface area contributed by atoms with Gasteiger partial charge in [-0.25, -0.2) is 0 Å². The molecule has 1 aromatic heterocycles. The molecule has 0 saturated carbocycles. The Morgan fingerprint density at radius 2 is 2.42 bits per heavy atom. The number of hydrogen-bond acceptors (Lipinski definition) is 3. The normalized spacial score (nSPS) is 14.8. The van der Waals surface area contributed by atoms with Gasteiger partial charge >= 0.3 is 0 Å². The van der Waals surface area contributed by atoms with Gasteiger partial charge in [-0.1, -0.05) is 6.92 Å². The second kappa shape index (κ2) is 2.75. The Labute approximate surface area is 72.0 Å². The SMILES string of the molecule is CCc1ncc2c(c1N)CNC2. The van der Waals surface area contributed by atoms with Gasteiger partial charge in [-0.15, -0.1) is 0 Å². The minimum absolute atomic E-state index is 0.889. The highest BCUT2D eigenvalue weighted by Gasteiger charge is 2.15. The average molecular weight is 163 g/mol. The van der Waals surface area contributed by atoms with Crippen LogP contribution in [-0.4, -0.2) is 4.98 Å². The summed E-state index contributed by atoms with van der Waals surface area (Å²) in [6, 6.07) is 0. The molecule has 2 rings (SSSR count). The third kappa shape index (κ3) is 0.975. The molecule has 3 heteroatoms. The highest BCUT2D eigenvalue weighted by Crippen LogP contribution is 2.23. The minimum Gasteiger partial charge on any atom is -0.397 e. The summed E-state index contributed by atoms with van der Waals surface area (Å²) in [5.41, 5.74) is 10.4. The Morgan fingerprint density at radius 1 is 1.58 bits per heavy atom. The first-order chi connectivity index (χ1) is 5.83. The average Bonchev–Trinajstić information content (AvgIpc) is 2.53. The smallest absolute Gasteiger partial charge is 0.0633 e. The van der Waals surface area contributed by atoms with E-state index < -0.39 is 0 Å². The van der Waals surface area contributed by atoms with E-state index in [0.29, 0.717) is 0 Å². The lowest BCUT2D eigenvalue weighted by Gasteiger charge is -2.06. The van der Waals surface area contributed by atoms with E-state index in [1.54, 1.807) is 0 Å². The van der Waals surface area contributed by atoms with Crippen molar-refractivity contribution in [1.29, 1.82) is 0 Å². The maximum Gasteiger partial charge on any atom is 0.0633 e. The van der Waals surface area contributed by atoms with Crippen molar-refractivity contribution in [1.82, 2.24) is 10.3 Å². The quantitative estimate of drug-likeness (QED) is 0.644. The summed E-state index contributed by atoms with van der Waals surface area (Å²) in [5, 5.41) is 3.26. The van der Waals surface area contributed by atoms with Gasteiger partial charge in [0.25, 0.3) is 0 Å². The number of hydrogen-bond donors (Lipinski definition) is 2. The topological polar surface area (TPSA) is 50.9 Å². The lowest BCUT2D eigenvalue weighted by molar-refractivity contribution is 0.765. The number of anilines is 1. The predicted molar refractivity (Wildman–Crippen MR) is 48.6 cm³/mol. The summed E-state index contributed by atoms with van der Waals surface area (Å²) in [5.74, 6) is 0.